The monoisotopic (exact) mass is 230 g/mol. The Kier molecular flexibility index (Phi) is 2.79. The first-order valence-corrected chi connectivity index (χ1v) is 5.78. The van der Waals surface area contributed by atoms with E-state index in [2.05, 4.69) is 19.1 Å². The maximum atomic E-state index is 12.1. The summed E-state index contributed by atoms with van der Waals surface area (Å²) in [5.74, 6) is 0. The molecule has 1 aromatic heterocycles. The van der Waals surface area contributed by atoms with E-state index in [1.54, 1.807) is 11.6 Å². The molecule has 1 atom stereocenters. The largest absolute Gasteiger partial charge is 0.324 e. The minimum atomic E-state index is -0.237. The molecular formula is C14H18N2O. The number of pyridine rings is 1. The predicted octanol–water partition coefficient (Wildman–Crippen LogP) is 2.18. The maximum Gasteiger partial charge on any atom is 0.255 e. The minimum absolute atomic E-state index is 0.000506. The van der Waals surface area contributed by atoms with Crippen molar-refractivity contribution in [2.45, 2.75) is 26.8 Å². The molecule has 1 aromatic carbocycles. The Morgan fingerprint density at radius 2 is 1.88 bits per heavy atom. The molecule has 0 aliphatic heterocycles. The van der Waals surface area contributed by atoms with Crippen LogP contribution in [0.3, 0.4) is 0 Å². The van der Waals surface area contributed by atoms with E-state index < -0.39 is 0 Å². The van der Waals surface area contributed by atoms with E-state index in [9.17, 15) is 4.79 Å². The van der Waals surface area contributed by atoms with Crippen LogP contribution in [0.25, 0.3) is 10.9 Å². The molecule has 0 fully saturated rings. The first-order valence-electron chi connectivity index (χ1n) is 5.78. The molecule has 0 radical (unpaired) electrons. The average Bonchev–Trinajstić information content (AvgIpc) is 2.21. The summed E-state index contributed by atoms with van der Waals surface area (Å²) in [6.07, 6.45) is 0. The molecule has 2 rings (SSSR count). The zero-order valence-electron chi connectivity index (χ0n) is 10.7. The fraction of sp³-hybridized carbons (Fsp3) is 0.357. The Bertz CT molecular complexity index is 639. The number of hydrogen-bond acceptors (Lipinski definition) is 2. The lowest BCUT2D eigenvalue weighted by Gasteiger charge is -2.13. The van der Waals surface area contributed by atoms with Crippen molar-refractivity contribution >= 4 is 10.9 Å². The second-order valence-corrected chi connectivity index (χ2v) is 4.77. The van der Waals surface area contributed by atoms with E-state index in [0.717, 1.165) is 16.5 Å². The van der Waals surface area contributed by atoms with Gasteiger partial charge in [0.1, 0.15) is 0 Å². The van der Waals surface area contributed by atoms with Crippen LogP contribution in [0.4, 0.5) is 0 Å². The summed E-state index contributed by atoms with van der Waals surface area (Å²) in [6.45, 7) is 5.93. The molecule has 0 saturated heterocycles. The second-order valence-electron chi connectivity index (χ2n) is 4.77. The predicted molar refractivity (Wildman–Crippen MR) is 71.3 cm³/mol. The fourth-order valence-electron chi connectivity index (χ4n) is 2.41. The Morgan fingerprint density at radius 1 is 1.24 bits per heavy atom. The van der Waals surface area contributed by atoms with Gasteiger partial charge in [0.15, 0.2) is 0 Å². The van der Waals surface area contributed by atoms with Gasteiger partial charge in [-0.05, 0) is 43.9 Å². The summed E-state index contributed by atoms with van der Waals surface area (Å²) in [7, 11) is 1.80. The van der Waals surface area contributed by atoms with Gasteiger partial charge in [-0.3, -0.25) is 4.79 Å². The molecule has 2 N–H and O–H groups in total. The van der Waals surface area contributed by atoms with Gasteiger partial charge in [0.25, 0.3) is 5.56 Å². The molecule has 2 aromatic rings. The molecule has 17 heavy (non-hydrogen) atoms. The van der Waals surface area contributed by atoms with Gasteiger partial charge < -0.3 is 10.3 Å². The first kappa shape index (κ1) is 11.9. The summed E-state index contributed by atoms with van der Waals surface area (Å²) >= 11 is 0. The highest BCUT2D eigenvalue weighted by Crippen LogP contribution is 2.21. The molecule has 0 aliphatic carbocycles. The maximum absolute atomic E-state index is 12.1. The van der Waals surface area contributed by atoms with Gasteiger partial charge in [0, 0.05) is 18.7 Å². The van der Waals surface area contributed by atoms with Gasteiger partial charge in [-0.1, -0.05) is 11.6 Å². The highest BCUT2D eigenvalue weighted by Gasteiger charge is 2.11. The molecule has 0 aliphatic rings. The van der Waals surface area contributed by atoms with Crippen molar-refractivity contribution in [1.29, 1.82) is 0 Å². The van der Waals surface area contributed by atoms with Crippen LogP contribution in [-0.2, 0) is 7.05 Å². The third-order valence-corrected chi connectivity index (χ3v) is 3.16. The standard InChI is InChI=1S/C14H18N2O/c1-8-5-9(2)13-11(6-8)7-12(10(3)15)14(17)16(13)4/h5-7,10H,15H2,1-4H3. The van der Waals surface area contributed by atoms with Crippen LogP contribution in [-0.4, -0.2) is 4.57 Å². The molecular weight excluding hydrogens is 212 g/mol. The Hall–Kier alpha value is -1.61. The molecule has 1 heterocycles. The van der Waals surface area contributed by atoms with Crippen molar-refractivity contribution in [2.24, 2.45) is 12.8 Å². The molecule has 0 bridgehead atoms. The van der Waals surface area contributed by atoms with Crippen molar-refractivity contribution < 1.29 is 0 Å². The molecule has 0 amide bonds. The number of rotatable bonds is 1. The van der Waals surface area contributed by atoms with Gasteiger partial charge in [-0.2, -0.15) is 0 Å². The smallest absolute Gasteiger partial charge is 0.255 e. The summed E-state index contributed by atoms with van der Waals surface area (Å²) in [5.41, 5.74) is 9.82. The van der Waals surface area contributed by atoms with Crippen LogP contribution >= 0.6 is 0 Å². The zero-order chi connectivity index (χ0) is 12.7. The molecule has 0 spiro atoms. The van der Waals surface area contributed by atoms with Crippen LogP contribution in [0.2, 0.25) is 0 Å². The lowest BCUT2D eigenvalue weighted by atomic mass is 10.0. The van der Waals surface area contributed by atoms with Crippen LogP contribution in [0.5, 0.6) is 0 Å². The Labute approximate surface area is 101 Å². The van der Waals surface area contributed by atoms with Gasteiger partial charge >= 0.3 is 0 Å². The van der Waals surface area contributed by atoms with Crippen LogP contribution in [0, 0.1) is 13.8 Å². The van der Waals surface area contributed by atoms with Gasteiger partial charge in [-0.25, -0.2) is 0 Å². The minimum Gasteiger partial charge on any atom is -0.324 e. The van der Waals surface area contributed by atoms with Crippen molar-refractivity contribution in [3.8, 4) is 0 Å². The summed E-state index contributed by atoms with van der Waals surface area (Å²) in [6, 6.07) is 5.86. The lowest BCUT2D eigenvalue weighted by Crippen LogP contribution is -2.25. The van der Waals surface area contributed by atoms with Crippen LogP contribution < -0.4 is 11.3 Å². The van der Waals surface area contributed by atoms with E-state index in [-0.39, 0.29) is 11.6 Å². The van der Waals surface area contributed by atoms with Gasteiger partial charge in [0.05, 0.1) is 5.52 Å². The lowest BCUT2D eigenvalue weighted by molar-refractivity contribution is 0.771. The number of benzene rings is 1. The quantitative estimate of drug-likeness (QED) is 0.816. The summed E-state index contributed by atoms with van der Waals surface area (Å²) in [4.78, 5) is 12.1. The van der Waals surface area contributed by atoms with Crippen molar-refractivity contribution in [1.82, 2.24) is 4.57 Å². The number of nitrogens with zero attached hydrogens (tertiary/aromatic N) is 1. The SMILES string of the molecule is Cc1cc(C)c2c(c1)cc(C(C)N)c(=O)n2C. The normalized spacial score (nSPS) is 13.0. The van der Waals surface area contributed by atoms with Crippen molar-refractivity contribution in [2.75, 3.05) is 0 Å². The van der Waals surface area contributed by atoms with Gasteiger partial charge in [0.2, 0.25) is 0 Å². The van der Waals surface area contributed by atoms with E-state index in [1.807, 2.05) is 19.9 Å². The highest BCUT2D eigenvalue weighted by molar-refractivity contribution is 5.83. The number of hydrogen-bond donors (Lipinski definition) is 1. The van der Waals surface area contributed by atoms with E-state index in [0.29, 0.717) is 5.56 Å². The molecule has 0 saturated carbocycles. The molecule has 1 unspecified atom stereocenters. The highest BCUT2D eigenvalue weighted by atomic mass is 16.1. The van der Waals surface area contributed by atoms with Crippen LogP contribution in [0.1, 0.15) is 29.7 Å². The zero-order valence-corrected chi connectivity index (χ0v) is 10.7. The second kappa shape index (κ2) is 4.00. The molecule has 3 nitrogen and oxygen atoms in total. The fourth-order valence-corrected chi connectivity index (χ4v) is 2.41. The van der Waals surface area contributed by atoms with Crippen molar-refractivity contribution in [3.63, 3.8) is 0 Å². The molecule has 3 heteroatoms. The first-order chi connectivity index (χ1) is 7.91. The average molecular weight is 230 g/mol. The topological polar surface area (TPSA) is 48.0 Å². The number of aromatic nitrogens is 1. The summed E-state index contributed by atoms with van der Waals surface area (Å²) < 4.78 is 1.70. The molecule has 90 valence electrons. The third kappa shape index (κ3) is 1.87. The van der Waals surface area contributed by atoms with E-state index in [4.69, 9.17) is 5.73 Å². The third-order valence-electron chi connectivity index (χ3n) is 3.16. The number of aryl methyl sites for hydroxylation is 3. The van der Waals surface area contributed by atoms with E-state index in [1.165, 1.54) is 5.56 Å². The Balaban J connectivity index is 2.96. The van der Waals surface area contributed by atoms with Crippen molar-refractivity contribution in [3.05, 3.63) is 45.2 Å². The number of fused-ring (bicyclic) bond motifs is 1. The Morgan fingerprint density at radius 3 is 2.47 bits per heavy atom. The van der Waals surface area contributed by atoms with Gasteiger partial charge in [-0.15, -0.1) is 0 Å². The summed E-state index contributed by atoms with van der Waals surface area (Å²) in [5, 5.41) is 1.08. The van der Waals surface area contributed by atoms with Crippen LogP contribution in [0.15, 0.2) is 23.0 Å². The van der Waals surface area contributed by atoms with E-state index >= 15 is 0 Å². The number of nitrogens with two attached hydrogens (primary N) is 1.